The molecule has 0 aliphatic heterocycles. The van der Waals surface area contributed by atoms with Gasteiger partial charge in [-0.3, -0.25) is 4.79 Å². The zero-order valence-electron chi connectivity index (χ0n) is 15.0. The Labute approximate surface area is 162 Å². The van der Waals surface area contributed by atoms with Crippen LogP contribution in [0.2, 0.25) is 0 Å². The normalized spacial score (nSPS) is 11.8. The van der Waals surface area contributed by atoms with Gasteiger partial charge in [0.1, 0.15) is 11.6 Å². The molecule has 0 saturated heterocycles. The Bertz CT molecular complexity index is 1090. The smallest absolute Gasteiger partial charge is 0.270 e. The van der Waals surface area contributed by atoms with E-state index in [9.17, 15) is 9.18 Å². The molecule has 4 aromatic rings. The van der Waals surface area contributed by atoms with Crippen molar-refractivity contribution in [1.82, 2.24) is 0 Å². The molecule has 0 saturated carbocycles. The second-order valence-electron chi connectivity index (χ2n) is 6.38. The van der Waals surface area contributed by atoms with Crippen LogP contribution in [0.15, 0.2) is 97.1 Å². The number of amides is 1. The Kier molecular flexibility index (Phi) is 5.02. The van der Waals surface area contributed by atoms with Crippen molar-refractivity contribution < 1.29 is 13.9 Å². The standard InChI is InChI=1S/C24H18FNO2/c25-19-13-15-20(16-14-19)26-24(27)23(18-8-2-1-3-9-18)28-22-12-6-10-17-7-4-5-11-21(17)22/h1-16,23H,(H,26,27)/t23-/m1/s1. The van der Waals surface area contributed by atoms with Gasteiger partial charge in [-0.2, -0.15) is 0 Å². The molecule has 138 valence electrons. The fourth-order valence-corrected chi connectivity index (χ4v) is 3.07. The molecule has 1 N–H and O–H groups in total. The maximum Gasteiger partial charge on any atom is 0.270 e. The van der Waals surface area contributed by atoms with Gasteiger partial charge < -0.3 is 10.1 Å². The zero-order valence-corrected chi connectivity index (χ0v) is 15.0. The first-order chi connectivity index (χ1) is 13.7. The lowest BCUT2D eigenvalue weighted by Gasteiger charge is -2.20. The number of anilines is 1. The first kappa shape index (κ1) is 17.7. The summed E-state index contributed by atoms with van der Waals surface area (Å²) in [6.07, 6.45) is -0.850. The van der Waals surface area contributed by atoms with E-state index in [4.69, 9.17) is 4.74 Å². The number of carbonyl (C=O) groups excluding carboxylic acids is 1. The molecule has 1 atom stereocenters. The van der Waals surface area contributed by atoms with Crippen LogP contribution < -0.4 is 10.1 Å². The Morgan fingerprint density at radius 2 is 1.46 bits per heavy atom. The van der Waals surface area contributed by atoms with Crippen LogP contribution in [0, 0.1) is 5.82 Å². The molecule has 0 aromatic heterocycles. The van der Waals surface area contributed by atoms with Crippen LogP contribution >= 0.6 is 0 Å². The minimum atomic E-state index is -0.850. The van der Waals surface area contributed by atoms with Gasteiger partial charge >= 0.3 is 0 Å². The predicted octanol–water partition coefficient (Wildman–Crippen LogP) is 5.74. The third kappa shape index (κ3) is 3.86. The Hall–Kier alpha value is -3.66. The molecule has 3 nitrogen and oxygen atoms in total. The third-order valence-corrected chi connectivity index (χ3v) is 4.45. The molecule has 0 fully saturated rings. The van der Waals surface area contributed by atoms with Crippen molar-refractivity contribution in [2.24, 2.45) is 0 Å². The molecule has 0 radical (unpaired) electrons. The first-order valence-corrected chi connectivity index (χ1v) is 8.96. The van der Waals surface area contributed by atoms with Crippen molar-refractivity contribution in [2.75, 3.05) is 5.32 Å². The summed E-state index contributed by atoms with van der Waals surface area (Å²) in [6.45, 7) is 0. The zero-order chi connectivity index (χ0) is 19.3. The minimum Gasteiger partial charge on any atom is -0.475 e. The van der Waals surface area contributed by atoms with Gasteiger partial charge in [0.25, 0.3) is 5.91 Å². The van der Waals surface area contributed by atoms with Gasteiger partial charge in [0.2, 0.25) is 6.10 Å². The highest BCUT2D eigenvalue weighted by Gasteiger charge is 2.23. The summed E-state index contributed by atoms with van der Waals surface area (Å²) < 4.78 is 19.3. The Balaban J connectivity index is 1.67. The number of rotatable bonds is 5. The molecule has 1 amide bonds. The van der Waals surface area contributed by atoms with Crippen molar-refractivity contribution >= 4 is 22.4 Å². The third-order valence-electron chi connectivity index (χ3n) is 4.45. The molecule has 0 bridgehead atoms. The number of nitrogens with one attached hydrogen (secondary N) is 1. The molecule has 4 rings (SSSR count). The molecule has 4 heteroatoms. The average Bonchev–Trinajstić information content (AvgIpc) is 2.74. The van der Waals surface area contributed by atoms with Crippen molar-refractivity contribution in [1.29, 1.82) is 0 Å². The summed E-state index contributed by atoms with van der Waals surface area (Å²) in [5.41, 5.74) is 1.24. The van der Waals surface area contributed by atoms with Crippen LogP contribution in [-0.2, 0) is 4.79 Å². The monoisotopic (exact) mass is 371 g/mol. The van der Waals surface area contributed by atoms with Crippen LogP contribution in [0.3, 0.4) is 0 Å². The lowest BCUT2D eigenvalue weighted by atomic mass is 10.1. The lowest BCUT2D eigenvalue weighted by molar-refractivity contribution is -0.123. The molecular formula is C24H18FNO2. The van der Waals surface area contributed by atoms with Crippen LogP contribution in [0.1, 0.15) is 11.7 Å². The second kappa shape index (κ2) is 7.92. The Morgan fingerprint density at radius 1 is 0.786 bits per heavy atom. The van der Waals surface area contributed by atoms with Gasteiger partial charge in [0, 0.05) is 16.6 Å². The largest absolute Gasteiger partial charge is 0.475 e. The van der Waals surface area contributed by atoms with E-state index >= 15 is 0 Å². The quantitative estimate of drug-likeness (QED) is 0.486. The number of halogens is 1. The number of hydrogen-bond acceptors (Lipinski definition) is 2. The van der Waals surface area contributed by atoms with E-state index in [0.29, 0.717) is 11.4 Å². The topological polar surface area (TPSA) is 38.3 Å². The molecule has 0 unspecified atom stereocenters. The number of carbonyl (C=O) groups is 1. The molecular weight excluding hydrogens is 353 g/mol. The van der Waals surface area contributed by atoms with Crippen LogP contribution in [0.25, 0.3) is 10.8 Å². The highest BCUT2D eigenvalue weighted by Crippen LogP contribution is 2.30. The van der Waals surface area contributed by atoms with E-state index in [1.54, 1.807) is 0 Å². The van der Waals surface area contributed by atoms with Crippen LogP contribution in [0.5, 0.6) is 5.75 Å². The van der Waals surface area contributed by atoms with Crippen LogP contribution in [0.4, 0.5) is 10.1 Å². The number of ether oxygens (including phenoxy) is 1. The number of hydrogen-bond donors (Lipinski definition) is 1. The van der Waals surface area contributed by atoms with Gasteiger partial charge in [-0.05, 0) is 35.7 Å². The summed E-state index contributed by atoms with van der Waals surface area (Å²) in [6, 6.07) is 28.6. The van der Waals surface area contributed by atoms with Gasteiger partial charge in [0.15, 0.2) is 0 Å². The fourth-order valence-electron chi connectivity index (χ4n) is 3.07. The van der Waals surface area contributed by atoms with Crippen molar-refractivity contribution in [2.45, 2.75) is 6.10 Å². The SMILES string of the molecule is O=C(Nc1ccc(F)cc1)[C@H](Oc1cccc2ccccc12)c1ccccc1. The molecule has 28 heavy (non-hydrogen) atoms. The van der Waals surface area contributed by atoms with Gasteiger partial charge in [-0.15, -0.1) is 0 Å². The lowest BCUT2D eigenvalue weighted by Crippen LogP contribution is -2.25. The summed E-state index contributed by atoms with van der Waals surface area (Å²) in [7, 11) is 0. The van der Waals surface area contributed by atoms with E-state index in [2.05, 4.69) is 5.32 Å². The van der Waals surface area contributed by atoms with Gasteiger partial charge in [-0.1, -0.05) is 66.7 Å². The maximum atomic E-state index is 13.1. The maximum absolute atomic E-state index is 13.1. The van der Waals surface area contributed by atoms with Gasteiger partial charge in [-0.25, -0.2) is 4.39 Å². The Morgan fingerprint density at radius 3 is 2.25 bits per heavy atom. The summed E-state index contributed by atoms with van der Waals surface area (Å²) in [5.74, 6) is -0.0587. The molecule has 0 aliphatic rings. The molecule has 0 spiro atoms. The summed E-state index contributed by atoms with van der Waals surface area (Å²) in [4.78, 5) is 13.0. The number of fused-ring (bicyclic) bond motifs is 1. The minimum absolute atomic E-state index is 0.328. The summed E-state index contributed by atoms with van der Waals surface area (Å²) >= 11 is 0. The predicted molar refractivity (Wildman–Crippen MR) is 109 cm³/mol. The van der Waals surface area contributed by atoms with E-state index < -0.39 is 6.10 Å². The molecule has 0 aliphatic carbocycles. The summed E-state index contributed by atoms with van der Waals surface area (Å²) in [5, 5.41) is 4.77. The highest BCUT2D eigenvalue weighted by atomic mass is 19.1. The van der Waals surface area contributed by atoms with Crippen molar-refractivity contribution in [3.63, 3.8) is 0 Å². The van der Waals surface area contributed by atoms with Crippen LogP contribution in [-0.4, -0.2) is 5.91 Å². The van der Waals surface area contributed by atoms with E-state index in [0.717, 1.165) is 16.3 Å². The first-order valence-electron chi connectivity index (χ1n) is 8.96. The second-order valence-corrected chi connectivity index (χ2v) is 6.38. The molecule has 4 aromatic carbocycles. The van der Waals surface area contributed by atoms with E-state index in [1.807, 2.05) is 72.8 Å². The highest BCUT2D eigenvalue weighted by molar-refractivity contribution is 5.96. The fraction of sp³-hybridized carbons (Fsp3) is 0.0417. The van der Waals surface area contributed by atoms with Crippen molar-refractivity contribution in [3.8, 4) is 5.75 Å². The van der Waals surface area contributed by atoms with E-state index in [1.165, 1.54) is 24.3 Å². The van der Waals surface area contributed by atoms with E-state index in [-0.39, 0.29) is 11.7 Å². The number of benzene rings is 4. The van der Waals surface area contributed by atoms with Gasteiger partial charge in [0.05, 0.1) is 0 Å². The van der Waals surface area contributed by atoms with Crippen molar-refractivity contribution in [3.05, 3.63) is 108 Å². The molecule has 0 heterocycles. The average molecular weight is 371 g/mol.